The first-order valence-corrected chi connectivity index (χ1v) is 9.97. The van der Waals surface area contributed by atoms with Gasteiger partial charge in [-0.15, -0.1) is 0 Å². The third-order valence-electron chi connectivity index (χ3n) is 5.04. The molecule has 31 heavy (non-hydrogen) atoms. The van der Waals surface area contributed by atoms with Gasteiger partial charge < -0.3 is 18.6 Å². The van der Waals surface area contributed by atoms with E-state index in [4.69, 9.17) is 18.6 Å². The highest BCUT2D eigenvalue weighted by molar-refractivity contribution is 5.88. The van der Waals surface area contributed by atoms with Crippen LogP contribution in [0.4, 0.5) is 0 Å². The summed E-state index contributed by atoms with van der Waals surface area (Å²) in [5, 5.41) is 0.764. The summed E-state index contributed by atoms with van der Waals surface area (Å²) >= 11 is 0. The zero-order chi connectivity index (χ0) is 22.5. The molecule has 0 amide bonds. The second-order valence-electron chi connectivity index (χ2n) is 7.47. The first kappa shape index (κ1) is 22.2. The molecule has 0 unspecified atom stereocenters. The first-order chi connectivity index (χ1) is 14.8. The van der Waals surface area contributed by atoms with Crippen LogP contribution in [0, 0.1) is 6.92 Å². The highest BCUT2D eigenvalue weighted by Crippen LogP contribution is 2.31. The van der Waals surface area contributed by atoms with Gasteiger partial charge in [-0.25, -0.2) is 9.59 Å². The van der Waals surface area contributed by atoms with Crippen molar-refractivity contribution >= 4 is 23.0 Å². The van der Waals surface area contributed by atoms with Crippen molar-refractivity contribution < 1.29 is 23.4 Å². The number of carbonyl (C=O) groups is 1. The summed E-state index contributed by atoms with van der Waals surface area (Å²) in [6.45, 7) is 6.15. The summed E-state index contributed by atoms with van der Waals surface area (Å²) in [6.07, 6.45) is 2.91. The van der Waals surface area contributed by atoms with Crippen molar-refractivity contribution in [3.63, 3.8) is 0 Å². The van der Waals surface area contributed by atoms with E-state index in [0.717, 1.165) is 16.5 Å². The summed E-state index contributed by atoms with van der Waals surface area (Å²) in [6, 6.07) is 10.6. The Morgan fingerprint density at radius 1 is 1.13 bits per heavy atom. The van der Waals surface area contributed by atoms with Gasteiger partial charge in [0.2, 0.25) is 0 Å². The van der Waals surface area contributed by atoms with E-state index in [9.17, 15) is 9.59 Å². The second kappa shape index (κ2) is 9.51. The van der Waals surface area contributed by atoms with Crippen molar-refractivity contribution in [1.82, 2.24) is 0 Å². The minimum Gasteiger partial charge on any atom is -0.493 e. The van der Waals surface area contributed by atoms with Gasteiger partial charge in [0.15, 0.2) is 11.5 Å². The molecule has 6 nitrogen and oxygen atoms in total. The molecular formula is C25H26O6. The predicted octanol–water partition coefficient (Wildman–Crippen LogP) is 5.00. The number of fused-ring (bicyclic) bond motifs is 1. The van der Waals surface area contributed by atoms with Gasteiger partial charge in [-0.05, 0) is 48.2 Å². The lowest BCUT2D eigenvalue weighted by Gasteiger charge is -2.13. The molecule has 162 valence electrons. The molecule has 0 saturated heterocycles. The zero-order valence-corrected chi connectivity index (χ0v) is 18.4. The third kappa shape index (κ3) is 4.97. The molecule has 0 bridgehead atoms. The van der Waals surface area contributed by atoms with Crippen LogP contribution in [0.2, 0.25) is 0 Å². The molecule has 0 radical (unpaired) electrons. The number of methoxy groups -OCH3 is 2. The number of rotatable bonds is 7. The normalized spacial score (nSPS) is 11.3. The Bertz CT molecular complexity index is 1190. The Morgan fingerprint density at radius 2 is 1.90 bits per heavy atom. The van der Waals surface area contributed by atoms with E-state index in [2.05, 4.69) is 13.8 Å². The minimum atomic E-state index is -0.539. The molecule has 0 spiro atoms. The van der Waals surface area contributed by atoms with Gasteiger partial charge in [-0.1, -0.05) is 26.0 Å². The monoisotopic (exact) mass is 422 g/mol. The van der Waals surface area contributed by atoms with Gasteiger partial charge in [-0.3, -0.25) is 0 Å². The molecular weight excluding hydrogens is 396 g/mol. The zero-order valence-electron chi connectivity index (χ0n) is 18.4. The Kier molecular flexibility index (Phi) is 6.80. The standard InChI is InChI=1S/C25H26O6/c1-15(2)19-13-20-18(12-24(27)31-22(20)11-16(19)3)14-30-23(26)10-9-17-7-6-8-21(28-4)25(17)29-5/h6-13,15H,14H2,1-5H3. The van der Waals surface area contributed by atoms with Crippen LogP contribution in [0.3, 0.4) is 0 Å². The summed E-state index contributed by atoms with van der Waals surface area (Å²) in [7, 11) is 3.08. The average molecular weight is 422 g/mol. The topological polar surface area (TPSA) is 75.0 Å². The molecule has 0 aliphatic heterocycles. The van der Waals surface area contributed by atoms with E-state index in [0.29, 0.717) is 34.1 Å². The molecule has 0 saturated carbocycles. The third-order valence-corrected chi connectivity index (χ3v) is 5.04. The smallest absolute Gasteiger partial charge is 0.336 e. The Morgan fingerprint density at radius 3 is 2.58 bits per heavy atom. The van der Waals surface area contributed by atoms with E-state index in [1.165, 1.54) is 19.3 Å². The Hall–Kier alpha value is -3.54. The Balaban J connectivity index is 1.83. The van der Waals surface area contributed by atoms with Crippen molar-refractivity contribution in [2.24, 2.45) is 0 Å². The van der Waals surface area contributed by atoms with Gasteiger partial charge in [0, 0.05) is 28.7 Å². The number of hydrogen-bond acceptors (Lipinski definition) is 6. The van der Waals surface area contributed by atoms with Crippen molar-refractivity contribution in [3.05, 3.63) is 75.1 Å². The molecule has 0 N–H and O–H groups in total. The predicted molar refractivity (Wildman–Crippen MR) is 120 cm³/mol. The number of carbonyl (C=O) groups excluding carboxylic acids is 1. The van der Waals surface area contributed by atoms with Gasteiger partial charge in [-0.2, -0.15) is 0 Å². The van der Waals surface area contributed by atoms with Gasteiger partial charge >= 0.3 is 11.6 Å². The van der Waals surface area contributed by atoms with Crippen LogP contribution >= 0.6 is 0 Å². The molecule has 3 aromatic rings. The molecule has 6 heteroatoms. The SMILES string of the molecule is COc1cccc(C=CC(=O)OCc2cc(=O)oc3cc(C)c(C(C)C)cc23)c1OC. The van der Waals surface area contributed by atoms with E-state index in [-0.39, 0.29) is 6.61 Å². The highest BCUT2D eigenvalue weighted by Gasteiger charge is 2.13. The van der Waals surface area contributed by atoms with Crippen molar-refractivity contribution in [1.29, 1.82) is 0 Å². The fourth-order valence-electron chi connectivity index (χ4n) is 3.53. The first-order valence-electron chi connectivity index (χ1n) is 9.97. The van der Waals surface area contributed by atoms with Gasteiger partial charge in [0.05, 0.1) is 14.2 Å². The highest BCUT2D eigenvalue weighted by atomic mass is 16.5. The summed E-state index contributed by atoms with van der Waals surface area (Å²) < 4.78 is 21.4. The summed E-state index contributed by atoms with van der Waals surface area (Å²) in [5.74, 6) is 0.865. The van der Waals surface area contributed by atoms with Crippen molar-refractivity contribution in [2.75, 3.05) is 14.2 Å². The van der Waals surface area contributed by atoms with Gasteiger partial charge in [0.1, 0.15) is 12.2 Å². The summed E-state index contributed by atoms with van der Waals surface area (Å²) in [5.41, 5.74) is 3.49. The lowest BCUT2D eigenvalue weighted by atomic mass is 9.95. The van der Waals surface area contributed by atoms with E-state index in [1.54, 1.807) is 31.4 Å². The van der Waals surface area contributed by atoms with Gasteiger partial charge in [0.25, 0.3) is 0 Å². The summed E-state index contributed by atoms with van der Waals surface area (Å²) in [4.78, 5) is 24.3. The fraction of sp³-hybridized carbons (Fsp3) is 0.280. The molecule has 1 aromatic heterocycles. The number of ether oxygens (including phenoxy) is 3. The van der Waals surface area contributed by atoms with E-state index >= 15 is 0 Å². The maximum Gasteiger partial charge on any atom is 0.336 e. The average Bonchev–Trinajstić information content (AvgIpc) is 2.74. The molecule has 3 rings (SSSR count). The number of hydrogen-bond donors (Lipinski definition) is 0. The van der Waals surface area contributed by atoms with Crippen molar-refractivity contribution in [3.8, 4) is 11.5 Å². The van der Waals surface area contributed by atoms with Crippen LogP contribution in [-0.2, 0) is 16.1 Å². The lowest BCUT2D eigenvalue weighted by molar-refractivity contribution is -0.138. The quantitative estimate of drug-likeness (QED) is 0.303. The largest absolute Gasteiger partial charge is 0.493 e. The maximum absolute atomic E-state index is 12.3. The molecule has 0 aliphatic rings. The van der Waals surface area contributed by atoms with Crippen LogP contribution in [0.15, 0.2) is 51.7 Å². The van der Waals surface area contributed by atoms with Crippen LogP contribution in [0.25, 0.3) is 17.0 Å². The molecule has 1 heterocycles. The van der Waals surface area contributed by atoms with Crippen LogP contribution < -0.4 is 15.1 Å². The second-order valence-corrected chi connectivity index (χ2v) is 7.47. The molecule has 0 aliphatic carbocycles. The van der Waals surface area contributed by atoms with E-state index < -0.39 is 11.6 Å². The van der Waals surface area contributed by atoms with Crippen LogP contribution in [0.1, 0.15) is 42.0 Å². The molecule has 2 aromatic carbocycles. The van der Waals surface area contributed by atoms with Crippen molar-refractivity contribution in [2.45, 2.75) is 33.3 Å². The number of aryl methyl sites for hydroxylation is 1. The number of benzene rings is 2. The molecule has 0 atom stereocenters. The van der Waals surface area contributed by atoms with Crippen LogP contribution in [-0.4, -0.2) is 20.2 Å². The van der Waals surface area contributed by atoms with Crippen LogP contribution in [0.5, 0.6) is 11.5 Å². The van der Waals surface area contributed by atoms with E-state index in [1.807, 2.05) is 19.1 Å². The number of para-hydroxylation sites is 1. The fourth-order valence-corrected chi connectivity index (χ4v) is 3.53. The minimum absolute atomic E-state index is 0.0406. The Labute approximate surface area is 181 Å². The number of esters is 1. The maximum atomic E-state index is 12.3. The lowest BCUT2D eigenvalue weighted by Crippen LogP contribution is -2.06. The molecule has 0 fully saturated rings.